The third kappa shape index (κ3) is 3.08. The molecule has 116 valence electrons. The maximum Gasteiger partial charge on any atom is 0.0576 e. The van der Waals surface area contributed by atoms with E-state index >= 15 is 0 Å². The number of aliphatic hydroxyl groups is 1. The number of aliphatic hydroxyl groups excluding tert-OH is 1. The van der Waals surface area contributed by atoms with E-state index in [-0.39, 0.29) is 6.10 Å². The quantitative estimate of drug-likeness (QED) is 0.768. The molecule has 0 aromatic carbocycles. The maximum atomic E-state index is 10.9. The number of rotatable bonds is 3. The Morgan fingerprint density at radius 3 is 2.40 bits per heavy atom. The molecule has 0 aromatic rings. The topological polar surface area (TPSA) is 20.2 Å². The second-order valence-corrected chi connectivity index (χ2v) is 8.43. The summed E-state index contributed by atoms with van der Waals surface area (Å²) in [4.78, 5) is 0. The van der Waals surface area contributed by atoms with Crippen molar-refractivity contribution in [2.24, 2.45) is 35.5 Å². The van der Waals surface area contributed by atoms with Crippen molar-refractivity contribution >= 4 is 0 Å². The molecule has 3 saturated carbocycles. The zero-order valence-electron chi connectivity index (χ0n) is 13.6. The molecule has 5 atom stereocenters. The molecule has 0 saturated heterocycles. The van der Waals surface area contributed by atoms with Gasteiger partial charge in [-0.1, -0.05) is 58.8 Å². The van der Waals surface area contributed by atoms with Crippen LogP contribution in [0.25, 0.3) is 0 Å². The van der Waals surface area contributed by atoms with Gasteiger partial charge in [-0.3, -0.25) is 0 Å². The fourth-order valence-electron chi connectivity index (χ4n) is 5.82. The van der Waals surface area contributed by atoms with Gasteiger partial charge in [-0.2, -0.15) is 0 Å². The standard InChI is InChI=1S/C19H34O/c1-13-7-9-15(10-8-13)12-18(20)19-14(2)11-16-5-3-4-6-17(16)19/h13-20H,3-12H2,1-2H3/t13?,14-,15?,16+,17?,18-,19?/m0/s1. The van der Waals surface area contributed by atoms with Gasteiger partial charge in [0.25, 0.3) is 0 Å². The monoisotopic (exact) mass is 278 g/mol. The van der Waals surface area contributed by atoms with Crippen LogP contribution < -0.4 is 0 Å². The summed E-state index contributed by atoms with van der Waals surface area (Å²) in [6.45, 7) is 4.80. The molecular weight excluding hydrogens is 244 g/mol. The molecule has 0 aromatic heterocycles. The second-order valence-electron chi connectivity index (χ2n) is 8.43. The molecule has 3 fully saturated rings. The van der Waals surface area contributed by atoms with Crippen LogP contribution in [0.2, 0.25) is 0 Å². The van der Waals surface area contributed by atoms with Crippen LogP contribution >= 0.6 is 0 Å². The predicted octanol–water partition coefficient (Wildman–Crippen LogP) is 5.03. The Hall–Kier alpha value is -0.0400. The average Bonchev–Trinajstić information content (AvgIpc) is 2.77. The molecule has 0 radical (unpaired) electrons. The lowest BCUT2D eigenvalue weighted by Crippen LogP contribution is -2.33. The number of hydrogen-bond acceptors (Lipinski definition) is 1. The van der Waals surface area contributed by atoms with Gasteiger partial charge in [0.05, 0.1) is 6.10 Å². The molecule has 1 N–H and O–H groups in total. The zero-order valence-corrected chi connectivity index (χ0v) is 13.6. The highest BCUT2D eigenvalue weighted by Crippen LogP contribution is 2.51. The minimum Gasteiger partial charge on any atom is -0.393 e. The molecule has 1 nitrogen and oxygen atoms in total. The summed E-state index contributed by atoms with van der Waals surface area (Å²) in [7, 11) is 0. The van der Waals surface area contributed by atoms with Gasteiger partial charge in [0, 0.05) is 0 Å². The van der Waals surface area contributed by atoms with Crippen molar-refractivity contribution in [1.82, 2.24) is 0 Å². The van der Waals surface area contributed by atoms with Gasteiger partial charge < -0.3 is 5.11 Å². The summed E-state index contributed by atoms with van der Waals surface area (Å²) >= 11 is 0. The average molecular weight is 278 g/mol. The van der Waals surface area contributed by atoms with Gasteiger partial charge in [-0.05, 0) is 54.8 Å². The Kier molecular flexibility index (Phi) is 4.75. The highest BCUT2D eigenvalue weighted by atomic mass is 16.3. The molecule has 0 amide bonds. The normalized spacial score (nSPS) is 47.0. The highest BCUT2D eigenvalue weighted by Gasteiger charge is 2.45. The van der Waals surface area contributed by atoms with Gasteiger partial charge >= 0.3 is 0 Å². The lowest BCUT2D eigenvalue weighted by atomic mass is 9.72. The van der Waals surface area contributed by atoms with Gasteiger partial charge in [-0.25, -0.2) is 0 Å². The van der Waals surface area contributed by atoms with Crippen LogP contribution in [0.1, 0.15) is 78.1 Å². The first kappa shape index (κ1) is 14.9. The van der Waals surface area contributed by atoms with Gasteiger partial charge in [0.1, 0.15) is 0 Å². The Labute approximate surface area is 125 Å². The van der Waals surface area contributed by atoms with E-state index in [1.165, 1.54) is 57.8 Å². The van der Waals surface area contributed by atoms with E-state index in [1.807, 2.05) is 0 Å². The van der Waals surface area contributed by atoms with Crippen molar-refractivity contribution in [1.29, 1.82) is 0 Å². The molecule has 0 heterocycles. The van der Waals surface area contributed by atoms with Crippen molar-refractivity contribution in [3.8, 4) is 0 Å². The van der Waals surface area contributed by atoms with E-state index in [0.29, 0.717) is 5.92 Å². The molecule has 0 spiro atoms. The van der Waals surface area contributed by atoms with E-state index in [4.69, 9.17) is 0 Å². The molecular formula is C19H34O. The molecule has 3 aliphatic rings. The smallest absolute Gasteiger partial charge is 0.0576 e. The summed E-state index contributed by atoms with van der Waals surface area (Å²) < 4.78 is 0. The lowest BCUT2D eigenvalue weighted by Gasteiger charge is -2.35. The first-order valence-corrected chi connectivity index (χ1v) is 9.33. The van der Waals surface area contributed by atoms with Crippen LogP contribution in [0, 0.1) is 35.5 Å². The van der Waals surface area contributed by atoms with Gasteiger partial charge in [0.2, 0.25) is 0 Å². The van der Waals surface area contributed by atoms with Gasteiger partial charge in [0.15, 0.2) is 0 Å². The molecule has 3 aliphatic carbocycles. The van der Waals surface area contributed by atoms with Crippen molar-refractivity contribution < 1.29 is 5.11 Å². The molecule has 1 heteroatoms. The second kappa shape index (κ2) is 6.38. The first-order chi connectivity index (χ1) is 9.65. The Morgan fingerprint density at radius 2 is 1.65 bits per heavy atom. The van der Waals surface area contributed by atoms with Crippen molar-refractivity contribution in [2.45, 2.75) is 84.2 Å². The van der Waals surface area contributed by atoms with Crippen molar-refractivity contribution in [3.63, 3.8) is 0 Å². The number of hydrogen-bond donors (Lipinski definition) is 1. The van der Waals surface area contributed by atoms with Crippen molar-refractivity contribution in [2.75, 3.05) is 0 Å². The first-order valence-electron chi connectivity index (χ1n) is 9.33. The van der Waals surface area contributed by atoms with E-state index in [0.717, 1.165) is 36.0 Å². The van der Waals surface area contributed by atoms with Crippen LogP contribution in [0.4, 0.5) is 0 Å². The lowest BCUT2D eigenvalue weighted by molar-refractivity contribution is 0.0257. The Balaban J connectivity index is 1.57. The maximum absolute atomic E-state index is 10.9. The van der Waals surface area contributed by atoms with Crippen LogP contribution in [-0.2, 0) is 0 Å². The minimum atomic E-state index is -0.00324. The summed E-state index contributed by atoms with van der Waals surface area (Å²) in [5, 5.41) is 10.9. The van der Waals surface area contributed by atoms with E-state index < -0.39 is 0 Å². The Bertz CT molecular complexity index is 305. The minimum absolute atomic E-state index is 0.00324. The fourth-order valence-corrected chi connectivity index (χ4v) is 5.82. The molecule has 0 aliphatic heterocycles. The third-order valence-electron chi connectivity index (χ3n) is 6.95. The largest absolute Gasteiger partial charge is 0.393 e. The predicted molar refractivity (Wildman–Crippen MR) is 84.5 cm³/mol. The van der Waals surface area contributed by atoms with Gasteiger partial charge in [-0.15, -0.1) is 0 Å². The van der Waals surface area contributed by atoms with Crippen LogP contribution in [0.15, 0.2) is 0 Å². The van der Waals surface area contributed by atoms with E-state index in [2.05, 4.69) is 13.8 Å². The van der Waals surface area contributed by atoms with Crippen LogP contribution in [0.3, 0.4) is 0 Å². The molecule has 3 rings (SSSR count). The zero-order chi connectivity index (χ0) is 14.1. The summed E-state index contributed by atoms with van der Waals surface area (Å²) in [5.41, 5.74) is 0. The number of fused-ring (bicyclic) bond motifs is 1. The summed E-state index contributed by atoms with van der Waals surface area (Å²) in [6, 6.07) is 0. The van der Waals surface area contributed by atoms with Crippen LogP contribution in [-0.4, -0.2) is 11.2 Å². The van der Waals surface area contributed by atoms with Crippen molar-refractivity contribution in [3.05, 3.63) is 0 Å². The Morgan fingerprint density at radius 1 is 0.950 bits per heavy atom. The summed E-state index contributed by atoms with van der Waals surface area (Å²) in [6.07, 6.45) is 13.7. The third-order valence-corrected chi connectivity index (χ3v) is 6.95. The SMILES string of the molecule is CC1CCC(C[C@H](O)C2C3CCCC[C@@H]3C[C@@H]2C)CC1. The molecule has 2 unspecified atom stereocenters. The molecule has 20 heavy (non-hydrogen) atoms. The van der Waals surface area contributed by atoms with Crippen LogP contribution in [0.5, 0.6) is 0 Å². The van der Waals surface area contributed by atoms with E-state index in [1.54, 1.807) is 0 Å². The molecule has 0 bridgehead atoms. The van der Waals surface area contributed by atoms with E-state index in [9.17, 15) is 5.11 Å². The summed E-state index contributed by atoms with van der Waals surface area (Å²) in [5.74, 6) is 4.94. The highest BCUT2D eigenvalue weighted by molar-refractivity contribution is 4.94. The fraction of sp³-hybridized carbons (Fsp3) is 1.00.